The van der Waals surface area contributed by atoms with E-state index in [-0.39, 0.29) is 11.7 Å². The molecule has 0 amide bonds. The molecule has 0 aromatic heterocycles. The van der Waals surface area contributed by atoms with Crippen LogP contribution in [0.3, 0.4) is 0 Å². The molecule has 90 valence electrons. The zero-order valence-electron chi connectivity index (χ0n) is 12.8. The average Bonchev–Trinajstić information content (AvgIpc) is 2.30. The molecule has 0 saturated heterocycles. The molecule has 0 aliphatic rings. The maximum atomic E-state index is 14.0. The van der Waals surface area contributed by atoms with E-state index >= 15 is 0 Å². The van der Waals surface area contributed by atoms with Crippen molar-refractivity contribution < 1.29 is 13.2 Å². The molecule has 2 aromatic carbocycles. The standard InChI is InChI=1S/C14H16FNO/c1-8(2)11-7-10(16)6-9-4-5-12(15)14(17-3)13(9)11/h4-8H,16H2,1-3H3/i3D3. The molecule has 0 unspecified atom stereocenters. The lowest BCUT2D eigenvalue weighted by Gasteiger charge is -2.15. The fourth-order valence-electron chi connectivity index (χ4n) is 2.02. The fourth-order valence-corrected chi connectivity index (χ4v) is 2.02. The van der Waals surface area contributed by atoms with Gasteiger partial charge < -0.3 is 10.5 Å². The lowest BCUT2D eigenvalue weighted by molar-refractivity contribution is 0.391. The summed E-state index contributed by atoms with van der Waals surface area (Å²) in [5, 5.41) is 1.12. The van der Waals surface area contributed by atoms with Gasteiger partial charge in [0.15, 0.2) is 11.6 Å². The summed E-state index contributed by atoms with van der Waals surface area (Å²) in [6.45, 7) is 3.86. The first-order chi connectivity index (χ1) is 9.19. The van der Waals surface area contributed by atoms with Gasteiger partial charge >= 0.3 is 0 Å². The Morgan fingerprint density at radius 2 is 2.12 bits per heavy atom. The summed E-state index contributed by atoms with van der Waals surface area (Å²) in [6.07, 6.45) is 0. The maximum Gasteiger partial charge on any atom is 0.165 e. The van der Waals surface area contributed by atoms with Gasteiger partial charge in [0, 0.05) is 11.1 Å². The number of ether oxygens (including phenoxy) is 1. The Balaban J connectivity index is 2.81. The van der Waals surface area contributed by atoms with E-state index in [1.807, 2.05) is 13.8 Å². The second-order valence-electron chi connectivity index (χ2n) is 4.34. The average molecular weight is 236 g/mol. The Morgan fingerprint density at radius 1 is 1.35 bits per heavy atom. The number of nitrogens with two attached hydrogens (primary N) is 1. The molecule has 0 aliphatic carbocycles. The highest BCUT2D eigenvalue weighted by Gasteiger charge is 2.14. The van der Waals surface area contributed by atoms with Crippen LogP contribution >= 0.6 is 0 Å². The number of hydrogen-bond acceptors (Lipinski definition) is 2. The Labute approximate surface area is 104 Å². The van der Waals surface area contributed by atoms with E-state index in [2.05, 4.69) is 0 Å². The number of methoxy groups -OCH3 is 1. The van der Waals surface area contributed by atoms with Crippen molar-refractivity contribution in [1.29, 1.82) is 0 Å². The molecule has 17 heavy (non-hydrogen) atoms. The molecular weight excluding hydrogens is 217 g/mol. The van der Waals surface area contributed by atoms with Gasteiger partial charge in [0.2, 0.25) is 0 Å². The molecule has 0 radical (unpaired) electrons. The molecule has 0 spiro atoms. The topological polar surface area (TPSA) is 35.2 Å². The molecule has 0 atom stereocenters. The highest BCUT2D eigenvalue weighted by molar-refractivity contribution is 5.94. The van der Waals surface area contributed by atoms with Crippen molar-refractivity contribution in [3.05, 3.63) is 35.6 Å². The number of anilines is 1. The van der Waals surface area contributed by atoms with Crippen LogP contribution in [0.15, 0.2) is 24.3 Å². The van der Waals surface area contributed by atoms with Crippen LogP contribution in [-0.4, -0.2) is 7.04 Å². The summed E-state index contributed by atoms with van der Waals surface area (Å²) in [7, 11) is -2.70. The van der Waals surface area contributed by atoms with Crippen molar-refractivity contribution in [3.63, 3.8) is 0 Å². The summed E-state index contributed by atoms with van der Waals surface area (Å²) in [5.41, 5.74) is 7.14. The second-order valence-corrected chi connectivity index (χ2v) is 4.34. The largest absolute Gasteiger partial charge is 0.493 e. The Bertz CT molecular complexity index is 653. The van der Waals surface area contributed by atoms with Crippen LogP contribution in [0, 0.1) is 5.82 Å². The van der Waals surface area contributed by atoms with Crippen LogP contribution in [0.25, 0.3) is 10.8 Å². The van der Waals surface area contributed by atoms with E-state index in [1.54, 1.807) is 18.2 Å². The quantitative estimate of drug-likeness (QED) is 0.807. The number of rotatable bonds is 2. The van der Waals surface area contributed by atoms with Crippen molar-refractivity contribution in [3.8, 4) is 5.75 Å². The SMILES string of the molecule is [2H]C([2H])([2H])Oc1c(F)ccc2cc(N)cc(C(C)C)c12. The third-order valence-corrected chi connectivity index (χ3v) is 2.80. The number of benzene rings is 2. The third-order valence-electron chi connectivity index (χ3n) is 2.80. The Morgan fingerprint density at radius 3 is 2.76 bits per heavy atom. The molecule has 2 aromatic rings. The van der Waals surface area contributed by atoms with E-state index in [0.717, 1.165) is 5.56 Å². The number of nitrogen functional groups attached to an aromatic ring is 1. The fraction of sp³-hybridized carbons (Fsp3) is 0.286. The highest BCUT2D eigenvalue weighted by Crippen LogP contribution is 2.36. The monoisotopic (exact) mass is 236 g/mol. The maximum absolute atomic E-state index is 14.0. The summed E-state index contributed by atoms with van der Waals surface area (Å²) < 4.78 is 40.4. The van der Waals surface area contributed by atoms with E-state index in [9.17, 15) is 4.39 Å². The highest BCUT2D eigenvalue weighted by atomic mass is 19.1. The number of hydrogen-bond donors (Lipinski definition) is 1. The van der Waals surface area contributed by atoms with Crippen LogP contribution in [0.1, 0.15) is 29.4 Å². The van der Waals surface area contributed by atoms with Crippen LogP contribution in [-0.2, 0) is 0 Å². The minimum absolute atomic E-state index is 0.0572. The van der Waals surface area contributed by atoms with Crippen molar-refractivity contribution in [2.75, 3.05) is 12.8 Å². The van der Waals surface area contributed by atoms with Gasteiger partial charge in [-0.1, -0.05) is 19.9 Å². The van der Waals surface area contributed by atoms with E-state index in [4.69, 9.17) is 14.6 Å². The molecule has 3 heteroatoms. The lowest BCUT2D eigenvalue weighted by atomic mass is 9.94. The summed E-state index contributed by atoms with van der Waals surface area (Å²) in [5.74, 6) is -0.881. The van der Waals surface area contributed by atoms with Gasteiger partial charge in [0.25, 0.3) is 0 Å². The van der Waals surface area contributed by atoms with Crippen molar-refractivity contribution in [2.45, 2.75) is 19.8 Å². The van der Waals surface area contributed by atoms with Gasteiger partial charge in [0.05, 0.1) is 11.2 Å². The predicted octanol–water partition coefficient (Wildman–Crippen LogP) is 3.69. The smallest absolute Gasteiger partial charge is 0.165 e. The molecular formula is C14H16FNO. The Kier molecular flexibility index (Phi) is 2.08. The zero-order chi connectivity index (χ0) is 15.1. The van der Waals surface area contributed by atoms with Gasteiger partial charge in [-0.15, -0.1) is 0 Å². The summed E-state index contributed by atoms with van der Waals surface area (Å²) in [6, 6.07) is 6.15. The third kappa shape index (κ3) is 1.93. The predicted molar refractivity (Wildman–Crippen MR) is 69.0 cm³/mol. The van der Waals surface area contributed by atoms with E-state index in [1.165, 1.54) is 6.07 Å². The van der Waals surface area contributed by atoms with Gasteiger partial charge in [-0.05, 0) is 35.1 Å². The first-order valence-electron chi connectivity index (χ1n) is 6.89. The molecule has 0 bridgehead atoms. The minimum atomic E-state index is -2.70. The minimum Gasteiger partial charge on any atom is -0.493 e. The van der Waals surface area contributed by atoms with Gasteiger partial charge in [-0.2, -0.15) is 0 Å². The molecule has 2 nitrogen and oxygen atoms in total. The molecule has 2 rings (SSSR count). The Hall–Kier alpha value is -1.77. The lowest BCUT2D eigenvalue weighted by Crippen LogP contribution is -1.98. The molecule has 0 heterocycles. The van der Waals surface area contributed by atoms with Gasteiger partial charge in [0.1, 0.15) is 0 Å². The first kappa shape index (κ1) is 8.34. The van der Waals surface area contributed by atoms with Gasteiger partial charge in [-0.3, -0.25) is 0 Å². The van der Waals surface area contributed by atoms with E-state index in [0.29, 0.717) is 16.5 Å². The zero-order valence-corrected chi connectivity index (χ0v) is 9.75. The van der Waals surface area contributed by atoms with Crippen LogP contribution in [0.4, 0.5) is 10.1 Å². The van der Waals surface area contributed by atoms with E-state index < -0.39 is 12.9 Å². The van der Waals surface area contributed by atoms with Gasteiger partial charge in [-0.25, -0.2) is 4.39 Å². The van der Waals surface area contributed by atoms with Crippen molar-refractivity contribution in [2.24, 2.45) is 0 Å². The second kappa shape index (κ2) is 4.24. The summed E-state index contributed by atoms with van der Waals surface area (Å²) in [4.78, 5) is 0. The molecule has 0 aliphatic heterocycles. The number of fused-ring (bicyclic) bond motifs is 1. The van der Waals surface area contributed by atoms with Crippen molar-refractivity contribution in [1.82, 2.24) is 0 Å². The molecule has 2 N–H and O–H groups in total. The van der Waals surface area contributed by atoms with Crippen LogP contribution < -0.4 is 10.5 Å². The first-order valence-corrected chi connectivity index (χ1v) is 5.39. The van der Waals surface area contributed by atoms with Crippen LogP contribution in [0.5, 0.6) is 5.75 Å². The van der Waals surface area contributed by atoms with Crippen molar-refractivity contribution >= 4 is 16.5 Å². The molecule has 0 fully saturated rings. The summed E-state index contributed by atoms with van der Waals surface area (Å²) >= 11 is 0. The molecule has 0 saturated carbocycles. The number of halogens is 1. The normalized spacial score (nSPS) is 14.5. The van der Waals surface area contributed by atoms with Crippen LogP contribution in [0.2, 0.25) is 0 Å².